The lowest BCUT2D eigenvalue weighted by Gasteiger charge is -2.22. The lowest BCUT2D eigenvalue weighted by Crippen LogP contribution is -2.36. The van der Waals surface area contributed by atoms with Crippen LogP contribution in [0.2, 0.25) is 0 Å². The Bertz CT molecular complexity index is 298. The minimum atomic E-state index is -3.01. The quantitative estimate of drug-likeness (QED) is 0.653. The number of hydrogen-bond acceptors (Lipinski definition) is 4. The van der Waals surface area contributed by atoms with Crippen molar-refractivity contribution in [3.05, 3.63) is 0 Å². The Morgan fingerprint density at radius 1 is 1.50 bits per heavy atom. The summed E-state index contributed by atoms with van der Waals surface area (Å²) >= 11 is 0. The van der Waals surface area contributed by atoms with Crippen molar-refractivity contribution in [2.24, 2.45) is 11.1 Å². The van der Waals surface area contributed by atoms with E-state index < -0.39 is 21.2 Å². The number of sulfone groups is 1. The molecule has 1 unspecified atom stereocenters. The Morgan fingerprint density at radius 3 is 2.29 bits per heavy atom. The second-order valence-electron chi connectivity index (χ2n) is 3.80. The first-order valence-corrected chi connectivity index (χ1v) is 6.38. The van der Waals surface area contributed by atoms with E-state index in [1.807, 2.05) is 0 Å². The standard InChI is InChI=1S/C8H17NO4S/c1-8(6-9,7(10)11)4-3-5-14(2,12)13/h3-6,9H2,1-2H3,(H,10,11). The van der Waals surface area contributed by atoms with E-state index in [1.54, 1.807) is 0 Å². The second-order valence-corrected chi connectivity index (χ2v) is 6.06. The van der Waals surface area contributed by atoms with Crippen LogP contribution < -0.4 is 5.73 Å². The Labute approximate surface area is 84.2 Å². The molecule has 0 aliphatic heterocycles. The van der Waals surface area contributed by atoms with E-state index in [0.717, 1.165) is 6.26 Å². The summed E-state index contributed by atoms with van der Waals surface area (Å²) in [4.78, 5) is 10.8. The van der Waals surface area contributed by atoms with Crippen LogP contribution in [0.3, 0.4) is 0 Å². The molecule has 0 amide bonds. The molecular formula is C8H17NO4S. The van der Waals surface area contributed by atoms with E-state index in [4.69, 9.17) is 10.8 Å². The molecule has 3 N–H and O–H groups in total. The van der Waals surface area contributed by atoms with Crippen molar-refractivity contribution >= 4 is 15.8 Å². The number of hydrogen-bond donors (Lipinski definition) is 2. The fourth-order valence-corrected chi connectivity index (χ4v) is 1.69. The van der Waals surface area contributed by atoms with E-state index in [2.05, 4.69) is 0 Å². The molecule has 0 rings (SSSR count). The molecule has 0 saturated carbocycles. The summed E-state index contributed by atoms with van der Waals surface area (Å²) in [7, 11) is -3.01. The van der Waals surface area contributed by atoms with Crippen molar-refractivity contribution in [1.82, 2.24) is 0 Å². The van der Waals surface area contributed by atoms with Gasteiger partial charge in [-0.15, -0.1) is 0 Å². The third-order valence-corrected chi connectivity index (χ3v) is 3.24. The highest BCUT2D eigenvalue weighted by molar-refractivity contribution is 7.90. The van der Waals surface area contributed by atoms with Crippen LogP contribution in [-0.4, -0.2) is 38.0 Å². The van der Waals surface area contributed by atoms with Gasteiger partial charge in [0.05, 0.1) is 5.41 Å². The molecule has 0 radical (unpaired) electrons. The number of carbonyl (C=O) groups is 1. The van der Waals surface area contributed by atoms with Gasteiger partial charge in [-0.3, -0.25) is 4.79 Å². The third-order valence-electron chi connectivity index (χ3n) is 2.21. The van der Waals surface area contributed by atoms with Crippen LogP contribution in [0.25, 0.3) is 0 Å². The van der Waals surface area contributed by atoms with E-state index in [9.17, 15) is 13.2 Å². The predicted octanol–water partition coefficient (Wildman–Crippen LogP) is -0.139. The molecule has 6 heteroatoms. The van der Waals surface area contributed by atoms with Crippen LogP contribution >= 0.6 is 0 Å². The monoisotopic (exact) mass is 223 g/mol. The lowest BCUT2D eigenvalue weighted by molar-refractivity contribution is -0.147. The Morgan fingerprint density at radius 2 is 2.00 bits per heavy atom. The first kappa shape index (κ1) is 13.4. The molecule has 0 aromatic heterocycles. The fraction of sp³-hybridized carbons (Fsp3) is 0.875. The molecule has 0 aromatic rings. The second kappa shape index (κ2) is 4.75. The molecule has 14 heavy (non-hydrogen) atoms. The maximum atomic E-state index is 10.8. The predicted molar refractivity (Wildman–Crippen MR) is 53.7 cm³/mol. The van der Waals surface area contributed by atoms with Gasteiger partial charge in [0.2, 0.25) is 0 Å². The van der Waals surface area contributed by atoms with Gasteiger partial charge < -0.3 is 10.8 Å². The average Bonchev–Trinajstić information content (AvgIpc) is 2.01. The summed E-state index contributed by atoms with van der Waals surface area (Å²) in [5, 5.41) is 8.83. The van der Waals surface area contributed by atoms with Crippen molar-refractivity contribution in [1.29, 1.82) is 0 Å². The van der Waals surface area contributed by atoms with E-state index in [-0.39, 0.29) is 18.7 Å². The van der Waals surface area contributed by atoms with E-state index in [0.29, 0.717) is 6.42 Å². The van der Waals surface area contributed by atoms with Crippen molar-refractivity contribution in [3.8, 4) is 0 Å². The molecular weight excluding hydrogens is 206 g/mol. The van der Waals surface area contributed by atoms with E-state index in [1.165, 1.54) is 6.92 Å². The maximum Gasteiger partial charge on any atom is 0.310 e. The molecule has 0 aliphatic rings. The van der Waals surface area contributed by atoms with Gasteiger partial charge in [-0.05, 0) is 19.8 Å². The zero-order chi connectivity index (χ0) is 11.4. The van der Waals surface area contributed by atoms with E-state index >= 15 is 0 Å². The molecule has 0 spiro atoms. The summed E-state index contributed by atoms with van der Waals surface area (Å²) in [6.45, 7) is 1.55. The number of aliphatic carboxylic acids is 1. The van der Waals surface area contributed by atoms with Crippen LogP contribution in [-0.2, 0) is 14.6 Å². The zero-order valence-electron chi connectivity index (χ0n) is 8.49. The highest BCUT2D eigenvalue weighted by Crippen LogP contribution is 2.22. The Hall–Kier alpha value is -0.620. The first-order valence-electron chi connectivity index (χ1n) is 4.32. The first-order chi connectivity index (χ1) is 6.21. The average molecular weight is 223 g/mol. The van der Waals surface area contributed by atoms with Crippen molar-refractivity contribution in [2.45, 2.75) is 19.8 Å². The number of carboxylic acid groups (broad SMARTS) is 1. The van der Waals surface area contributed by atoms with Crippen molar-refractivity contribution in [2.75, 3.05) is 18.6 Å². The highest BCUT2D eigenvalue weighted by atomic mass is 32.2. The fourth-order valence-electron chi connectivity index (χ4n) is 1.02. The van der Waals surface area contributed by atoms with Crippen LogP contribution in [0, 0.1) is 5.41 Å². The number of carboxylic acids is 1. The molecule has 5 nitrogen and oxygen atoms in total. The van der Waals surface area contributed by atoms with Gasteiger partial charge in [-0.25, -0.2) is 8.42 Å². The van der Waals surface area contributed by atoms with Gasteiger partial charge >= 0.3 is 5.97 Å². The Balaban J connectivity index is 4.17. The molecule has 0 fully saturated rings. The zero-order valence-corrected chi connectivity index (χ0v) is 9.30. The van der Waals surface area contributed by atoms with Crippen molar-refractivity contribution < 1.29 is 18.3 Å². The molecule has 0 saturated heterocycles. The number of rotatable bonds is 6. The molecule has 0 aromatic carbocycles. The summed E-state index contributed by atoms with van der Waals surface area (Å²) in [5.74, 6) is -0.968. The van der Waals surface area contributed by atoms with Gasteiger partial charge in [-0.1, -0.05) is 0 Å². The third kappa shape index (κ3) is 4.57. The number of nitrogens with two attached hydrogens (primary N) is 1. The Kier molecular flexibility index (Phi) is 4.54. The van der Waals surface area contributed by atoms with Gasteiger partial charge in [0.15, 0.2) is 0 Å². The summed E-state index contributed by atoms with van der Waals surface area (Å²) in [6, 6.07) is 0. The molecule has 84 valence electrons. The minimum Gasteiger partial charge on any atom is -0.481 e. The molecule has 0 heterocycles. The normalized spacial score (nSPS) is 16.2. The smallest absolute Gasteiger partial charge is 0.310 e. The summed E-state index contributed by atoms with van der Waals surface area (Å²) in [6.07, 6.45) is 1.75. The van der Waals surface area contributed by atoms with Gasteiger partial charge in [0.25, 0.3) is 0 Å². The molecule has 0 bridgehead atoms. The van der Waals surface area contributed by atoms with Gasteiger partial charge in [-0.2, -0.15) is 0 Å². The van der Waals surface area contributed by atoms with Gasteiger partial charge in [0, 0.05) is 18.6 Å². The van der Waals surface area contributed by atoms with Crippen LogP contribution in [0.4, 0.5) is 0 Å². The summed E-state index contributed by atoms with van der Waals surface area (Å²) in [5.41, 5.74) is 4.32. The molecule has 1 atom stereocenters. The van der Waals surface area contributed by atoms with Crippen molar-refractivity contribution in [3.63, 3.8) is 0 Å². The highest BCUT2D eigenvalue weighted by Gasteiger charge is 2.31. The maximum absolute atomic E-state index is 10.8. The topological polar surface area (TPSA) is 97.5 Å². The van der Waals surface area contributed by atoms with Crippen LogP contribution in [0.15, 0.2) is 0 Å². The van der Waals surface area contributed by atoms with Crippen LogP contribution in [0.5, 0.6) is 0 Å². The lowest BCUT2D eigenvalue weighted by atomic mass is 9.86. The molecule has 0 aliphatic carbocycles. The minimum absolute atomic E-state index is 0.00979. The van der Waals surface area contributed by atoms with Crippen LogP contribution in [0.1, 0.15) is 19.8 Å². The largest absolute Gasteiger partial charge is 0.481 e. The van der Waals surface area contributed by atoms with Gasteiger partial charge in [0.1, 0.15) is 9.84 Å². The SMILES string of the molecule is CC(CN)(CCCS(C)(=O)=O)C(=O)O. The summed E-state index contributed by atoms with van der Waals surface area (Å²) < 4.78 is 21.6.